The van der Waals surface area contributed by atoms with Gasteiger partial charge in [0.1, 0.15) is 13.2 Å². The first-order valence-electron chi connectivity index (χ1n) is 7.20. The minimum absolute atomic E-state index is 0. The molecule has 2 unspecified atom stereocenters. The van der Waals surface area contributed by atoms with E-state index in [1.165, 1.54) is 0 Å². The van der Waals surface area contributed by atoms with Gasteiger partial charge < -0.3 is 19.3 Å². The van der Waals surface area contributed by atoms with E-state index in [1.54, 1.807) is 6.92 Å². The number of phosphoric ester groups is 1. The second-order valence-corrected chi connectivity index (χ2v) is 14.0. The summed E-state index contributed by atoms with van der Waals surface area (Å²) in [4.78, 5) is 9.72. The van der Waals surface area contributed by atoms with Crippen LogP contribution in [-0.4, -0.2) is 63.8 Å². The van der Waals surface area contributed by atoms with E-state index in [4.69, 9.17) is 13.5 Å². The Morgan fingerprint density at radius 1 is 1.23 bits per heavy atom. The summed E-state index contributed by atoms with van der Waals surface area (Å²) in [6.07, 6.45) is -0.772. The van der Waals surface area contributed by atoms with Crippen LogP contribution >= 0.6 is 7.82 Å². The summed E-state index contributed by atoms with van der Waals surface area (Å²) in [6.45, 7) is 12.8. The van der Waals surface area contributed by atoms with E-state index in [1.807, 2.05) is 21.1 Å². The zero-order chi connectivity index (χ0) is 17.1. The van der Waals surface area contributed by atoms with Gasteiger partial charge in [0.05, 0.1) is 21.1 Å². The predicted octanol–water partition coefficient (Wildman–Crippen LogP) is 3.02. The molecular weight excluding hydrogens is 325 g/mol. The van der Waals surface area contributed by atoms with Gasteiger partial charge in [-0.15, -0.1) is 0 Å². The fraction of sp³-hybridized carbons (Fsp3) is 1.00. The van der Waals surface area contributed by atoms with E-state index >= 15 is 0 Å². The highest BCUT2D eigenvalue weighted by Gasteiger charge is 2.40. The van der Waals surface area contributed by atoms with E-state index in [0.29, 0.717) is 11.0 Å². The lowest BCUT2D eigenvalue weighted by Gasteiger charge is -2.38. The molecule has 9 heteroatoms. The van der Waals surface area contributed by atoms with Gasteiger partial charge in [-0.25, -0.2) is 4.57 Å². The standard InChI is InChI=1S/C13H32NO5PSi.H2O/c1-12(19-21(8,9)13(2,3)4)18-20(15,16)17-11-10-14(5,6)7;/h12H,10-11H2,1-9H3;1H2. The fourth-order valence-corrected chi connectivity index (χ4v) is 3.37. The lowest BCUT2D eigenvalue weighted by molar-refractivity contribution is -0.870. The van der Waals surface area contributed by atoms with Gasteiger partial charge in [0.15, 0.2) is 14.6 Å². The maximum Gasteiger partial charge on any atom is 0.474 e. The molecular formula is C13H34NO6PSi. The van der Waals surface area contributed by atoms with Gasteiger partial charge in [-0.05, 0) is 25.1 Å². The second-order valence-electron chi connectivity index (χ2n) is 7.87. The van der Waals surface area contributed by atoms with Crippen molar-refractivity contribution in [3.63, 3.8) is 0 Å². The lowest BCUT2D eigenvalue weighted by atomic mass is 10.2. The molecule has 0 rings (SSSR count). The third-order valence-electron chi connectivity index (χ3n) is 3.56. The lowest BCUT2D eigenvalue weighted by Crippen LogP contribution is -2.43. The van der Waals surface area contributed by atoms with Crippen LogP contribution in [0.2, 0.25) is 18.1 Å². The monoisotopic (exact) mass is 359 g/mol. The third kappa shape index (κ3) is 10.1. The van der Waals surface area contributed by atoms with Crippen LogP contribution in [0.25, 0.3) is 0 Å². The number of quaternary nitrogens is 1. The molecule has 0 aromatic heterocycles. The minimum atomic E-state index is -4.09. The normalized spacial score (nSPS) is 17.5. The van der Waals surface area contributed by atoms with Crippen molar-refractivity contribution in [3.05, 3.63) is 0 Å². The zero-order valence-corrected chi connectivity index (χ0v) is 17.3. The smallest absolute Gasteiger partial charge is 0.474 e. The van der Waals surface area contributed by atoms with Crippen molar-refractivity contribution in [3.8, 4) is 0 Å². The first-order valence-corrected chi connectivity index (χ1v) is 11.6. The number of hydrogen-bond donors (Lipinski definition) is 1. The summed E-state index contributed by atoms with van der Waals surface area (Å²) in [6, 6.07) is 0. The third-order valence-corrected chi connectivity index (χ3v) is 9.17. The molecule has 2 atom stereocenters. The maximum absolute atomic E-state index is 11.9. The quantitative estimate of drug-likeness (QED) is 0.310. The van der Waals surface area contributed by atoms with Crippen LogP contribution in [0.3, 0.4) is 0 Å². The van der Waals surface area contributed by atoms with Gasteiger partial charge in [-0.2, -0.15) is 0 Å². The Balaban J connectivity index is 0. The molecule has 7 nitrogen and oxygen atoms in total. The van der Waals surface area contributed by atoms with Crippen LogP contribution in [-0.2, 0) is 18.0 Å². The van der Waals surface area contributed by atoms with Crippen LogP contribution in [0.1, 0.15) is 27.7 Å². The van der Waals surface area contributed by atoms with E-state index in [9.17, 15) is 9.46 Å². The van der Waals surface area contributed by atoms with Crippen LogP contribution in [0, 0.1) is 0 Å². The SMILES string of the molecule is CC(O[Si](C)(C)C(C)(C)C)OP(=O)(O)OCC[N+](C)(C)C.[OH-]. The van der Waals surface area contributed by atoms with Crippen molar-refractivity contribution in [1.82, 2.24) is 0 Å². The highest BCUT2D eigenvalue weighted by atomic mass is 31.2. The van der Waals surface area contributed by atoms with Crippen LogP contribution in [0.5, 0.6) is 0 Å². The molecule has 0 aliphatic heterocycles. The molecule has 0 aliphatic carbocycles. The average molecular weight is 359 g/mol. The first-order chi connectivity index (χ1) is 9.06. The molecule has 0 bridgehead atoms. The number of likely N-dealkylation sites (N-methyl/N-ethyl adjacent to an activating group) is 1. The zero-order valence-electron chi connectivity index (χ0n) is 15.4. The topological polar surface area (TPSA) is 95.0 Å². The number of phosphoric acid groups is 1. The van der Waals surface area contributed by atoms with Crippen molar-refractivity contribution in [2.45, 2.75) is 52.1 Å². The molecule has 0 saturated carbocycles. The Morgan fingerprint density at radius 2 is 1.68 bits per heavy atom. The van der Waals surface area contributed by atoms with Crippen LogP contribution < -0.4 is 0 Å². The van der Waals surface area contributed by atoms with E-state index in [2.05, 4.69) is 33.9 Å². The summed E-state index contributed by atoms with van der Waals surface area (Å²) in [5.74, 6) is 0. The summed E-state index contributed by atoms with van der Waals surface area (Å²) in [5.41, 5.74) is 0. The molecule has 2 N–H and O–H groups in total. The Labute approximate surface area is 136 Å². The number of rotatable bonds is 8. The fourth-order valence-electron chi connectivity index (χ4n) is 1.26. The van der Waals surface area contributed by atoms with E-state index in [-0.39, 0.29) is 17.1 Å². The molecule has 0 amide bonds. The van der Waals surface area contributed by atoms with Gasteiger partial charge in [0, 0.05) is 0 Å². The van der Waals surface area contributed by atoms with Crippen molar-refractivity contribution in [1.29, 1.82) is 0 Å². The molecule has 0 saturated heterocycles. The Morgan fingerprint density at radius 3 is 2.05 bits per heavy atom. The van der Waals surface area contributed by atoms with Gasteiger partial charge >= 0.3 is 7.82 Å². The Bertz CT molecular complexity index is 378. The Hall–Kier alpha value is 0.207. The highest BCUT2D eigenvalue weighted by Crippen LogP contribution is 2.46. The molecule has 0 aromatic carbocycles. The maximum atomic E-state index is 11.9. The molecule has 136 valence electrons. The highest BCUT2D eigenvalue weighted by molar-refractivity contribution is 7.47. The van der Waals surface area contributed by atoms with Crippen molar-refractivity contribution >= 4 is 16.1 Å². The first kappa shape index (κ1) is 24.5. The van der Waals surface area contributed by atoms with Gasteiger partial charge in [-0.1, -0.05) is 20.8 Å². The molecule has 22 heavy (non-hydrogen) atoms. The Kier molecular flexibility index (Phi) is 9.28. The molecule has 0 aromatic rings. The molecule has 0 fully saturated rings. The van der Waals surface area contributed by atoms with Crippen molar-refractivity contribution in [2.24, 2.45) is 0 Å². The number of hydrogen-bond acceptors (Lipinski definition) is 5. The molecule has 0 radical (unpaired) electrons. The summed E-state index contributed by atoms with van der Waals surface area (Å²) >= 11 is 0. The van der Waals surface area contributed by atoms with Crippen LogP contribution in [0.15, 0.2) is 0 Å². The second kappa shape index (κ2) is 8.35. The molecule has 0 aliphatic rings. The number of nitrogens with zero attached hydrogens (tertiary/aromatic N) is 1. The van der Waals surface area contributed by atoms with Crippen molar-refractivity contribution < 1.29 is 32.9 Å². The van der Waals surface area contributed by atoms with E-state index in [0.717, 1.165) is 0 Å². The average Bonchev–Trinajstić information content (AvgIpc) is 2.09. The minimum Gasteiger partial charge on any atom is -0.870 e. The largest absolute Gasteiger partial charge is 0.870 e. The molecule has 0 heterocycles. The van der Waals surface area contributed by atoms with Crippen LogP contribution in [0.4, 0.5) is 0 Å². The predicted molar refractivity (Wildman–Crippen MR) is 89.4 cm³/mol. The van der Waals surface area contributed by atoms with E-state index < -0.39 is 22.4 Å². The van der Waals surface area contributed by atoms with Gasteiger partial charge in [0.2, 0.25) is 0 Å². The van der Waals surface area contributed by atoms with Crippen molar-refractivity contribution in [2.75, 3.05) is 34.3 Å². The summed E-state index contributed by atoms with van der Waals surface area (Å²) < 4.78 is 28.5. The molecule has 0 spiro atoms. The van der Waals surface area contributed by atoms with Gasteiger partial charge in [0.25, 0.3) is 0 Å². The summed E-state index contributed by atoms with van der Waals surface area (Å²) in [7, 11) is -0.185. The summed E-state index contributed by atoms with van der Waals surface area (Å²) in [5, 5.41) is 0.00857. The van der Waals surface area contributed by atoms with Gasteiger partial charge in [-0.3, -0.25) is 9.05 Å².